The number of esters is 1. The van der Waals surface area contributed by atoms with Crippen molar-refractivity contribution in [3.8, 4) is 5.75 Å². The first-order valence-corrected chi connectivity index (χ1v) is 8.91. The maximum Gasteiger partial charge on any atom is 0.405 e. The van der Waals surface area contributed by atoms with Crippen molar-refractivity contribution in [1.82, 2.24) is 0 Å². The van der Waals surface area contributed by atoms with Gasteiger partial charge < -0.3 is 19.9 Å². The Morgan fingerprint density at radius 2 is 1.58 bits per heavy atom. The Morgan fingerprint density at radius 1 is 1.08 bits per heavy atom. The van der Waals surface area contributed by atoms with Crippen LogP contribution < -0.4 is 10.5 Å². The number of hydrogen-bond acceptors (Lipinski definition) is 5. The molecule has 0 spiro atoms. The SMILES string of the molecule is CC(C)(C)OC(N)=O.CCC.CCC(=O)OCC(C)Oc1ccccc1. The normalized spacial score (nSPS) is 10.9. The first kappa shape index (κ1) is 26.0. The molecule has 1 unspecified atom stereocenters. The average molecular weight is 370 g/mol. The molecule has 1 amide bonds. The molecule has 0 aromatic heterocycles. The lowest BCUT2D eigenvalue weighted by atomic mass is 10.2. The second-order valence-corrected chi connectivity index (χ2v) is 6.52. The number of carbonyl (C=O) groups excluding carboxylic acids is 2. The molecule has 0 saturated heterocycles. The fourth-order valence-electron chi connectivity index (χ4n) is 1.38. The molecule has 1 aromatic carbocycles. The summed E-state index contributed by atoms with van der Waals surface area (Å²) in [6.07, 6.45) is 0.804. The van der Waals surface area contributed by atoms with Crippen molar-refractivity contribution in [2.24, 2.45) is 5.73 Å². The summed E-state index contributed by atoms with van der Waals surface area (Å²) in [6, 6.07) is 9.48. The standard InChI is InChI=1S/C12H16O3.C5H11NO2.C3H8/c1-3-12(13)14-9-10(2)15-11-7-5-4-6-8-11;1-5(2,3)8-4(6)7;1-3-2/h4-8,10H,3,9H2,1-2H3;1-3H3,(H2,6,7);3H2,1-2H3. The van der Waals surface area contributed by atoms with Crippen LogP contribution in [0.4, 0.5) is 4.79 Å². The van der Waals surface area contributed by atoms with Crippen molar-refractivity contribution in [1.29, 1.82) is 0 Å². The summed E-state index contributed by atoms with van der Waals surface area (Å²) >= 11 is 0. The van der Waals surface area contributed by atoms with E-state index in [2.05, 4.69) is 18.6 Å². The third kappa shape index (κ3) is 19.8. The quantitative estimate of drug-likeness (QED) is 0.760. The summed E-state index contributed by atoms with van der Waals surface area (Å²) in [5.41, 5.74) is 4.26. The zero-order chi connectivity index (χ0) is 20.6. The highest BCUT2D eigenvalue weighted by Gasteiger charge is 2.12. The molecule has 2 N–H and O–H groups in total. The number of ether oxygens (including phenoxy) is 3. The molecular weight excluding hydrogens is 334 g/mol. The van der Waals surface area contributed by atoms with Crippen molar-refractivity contribution < 1.29 is 23.8 Å². The van der Waals surface area contributed by atoms with E-state index in [1.54, 1.807) is 27.7 Å². The van der Waals surface area contributed by atoms with Gasteiger partial charge in [-0.25, -0.2) is 4.79 Å². The molecular formula is C20H35NO5. The fraction of sp³-hybridized carbons (Fsp3) is 0.600. The van der Waals surface area contributed by atoms with Gasteiger partial charge >= 0.3 is 12.1 Å². The minimum atomic E-state index is -0.725. The van der Waals surface area contributed by atoms with Crippen LogP contribution in [0, 0.1) is 0 Å². The monoisotopic (exact) mass is 369 g/mol. The van der Waals surface area contributed by atoms with Crippen LogP contribution in [-0.2, 0) is 14.3 Å². The van der Waals surface area contributed by atoms with E-state index < -0.39 is 11.7 Å². The predicted octanol–water partition coefficient (Wildman–Crippen LogP) is 4.70. The van der Waals surface area contributed by atoms with Gasteiger partial charge in [0.1, 0.15) is 24.1 Å². The van der Waals surface area contributed by atoms with Crippen molar-refractivity contribution in [3.05, 3.63) is 30.3 Å². The van der Waals surface area contributed by atoms with E-state index in [-0.39, 0.29) is 12.1 Å². The van der Waals surface area contributed by atoms with Crippen molar-refractivity contribution >= 4 is 12.1 Å². The van der Waals surface area contributed by atoms with Crippen LogP contribution in [0.2, 0.25) is 0 Å². The van der Waals surface area contributed by atoms with E-state index in [9.17, 15) is 9.59 Å². The average Bonchev–Trinajstić information content (AvgIpc) is 2.52. The Kier molecular flexibility index (Phi) is 15.0. The molecule has 0 saturated carbocycles. The number of primary amides is 1. The van der Waals surface area contributed by atoms with Gasteiger partial charge in [0.25, 0.3) is 0 Å². The lowest BCUT2D eigenvalue weighted by molar-refractivity contribution is -0.145. The van der Waals surface area contributed by atoms with Gasteiger partial charge in [-0.3, -0.25) is 4.79 Å². The third-order valence-corrected chi connectivity index (χ3v) is 2.25. The molecule has 0 aliphatic carbocycles. The fourth-order valence-corrected chi connectivity index (χ4v) is 1.38. The molecule has 6 heteroatoms. The number of nitrogens with two attached hydrogens (primary N) is 1. The second-order valence-electron chi connectivity index (χ2n) is 6.52. The van der Waals surface area contributed by atoms with Gasteiger partial charge in [-0.15, -0.1) is 0 Å². The van der Waals surface area contributed by atoms with E-state index in [1.165, 1.54) is 6.42 Å². The van der Waals surface area contributed by atoms with E-state index in [0.717, 1.165) is 5.75 Å². The smallest absolute Gasteiger partial charge is 0.405 e. The first-order chi connectivity index (χ1) is 12.1. The molecule has 150 valence electrons. The topological polar surface area (TPSA) is 87.9 Å². The molecule has 26 heavy (non-hydrogen) atoms. The van der Waals surface area contributed by atoms with Gasteiger partial charge in [0.2, 0.25) is 0 Å². The highest BCUT2D eigenvalue weighted by molar-refractivity contribution is 5.68. The number of para-hydroxylation sites is 1. The molecule has 1 atom stereocenters. The zero-order valence-corrected chi connectivity index (χ0v) is 17.2. The molecule has 0 heterocycles. The molecule has 6 nitrogen and oxygen atoms in total. The predicted molar refractivity (Wildman–Crippen MR) is 104 cm³/mol. The van der Waals surface area contributed by atoms with Crippen LogP contribution in [0.25, 0.3) is 0 Å². The van der Waals surface area contributed by atoms with E-state index in [4.69, 9.17) is 15.2 Å². The van der Waals surface area contributed by atoms with Crippen molar-refractivity contribution in [2.45, 2.75) is 73.0 Å². The summed E-state index contributed by atoms with van der Waals surface area (Å²) in [6.45, 7) is 13.5. The Labute approximate surface area is 158 Å². The van der Waals surface area contributed by atoms with Crippen LogP contribution in [0.3, 0.4) is 0 Å². The summed E-state index contributed by atoms with van der Waals surface area (Å²) in [5.74, 6) is 0.594. The molecule has 0 aliphatic rings. The van der Waals surface area contributed by atoms with E-state index in [1.807, 2.05) is 37.3 Å². The number of hydrogen-bond donors (Lipinski definition) is 1. The minimum absolute atomic E-state index is 0.122. The maximum absolute atomic E-state index is 10.9. The van der Waals surface area contributed by atoms with Gasteiger partial charge in [0.15, 0.2) is 0 Å². The lowest BCUT2D eigenvalue weighted by Crippen LogP contribution is -2.27. The molecule has 1 aromatic rings. The summed E-state index contributed by atoms with van der Waals surface area (Å²) in [4.78, 5) is 20.9. The number of rotatable bonds is 5. The van der Waals surface area contributed by atoms with Gasteiger partial charge in [0, 0.05) is 6.42 Å². The van der Waals surface area contributed by atoms with Crippen LogP contribution in [-0.4, -0.2) is 30.4 Å². The maximum atomic E-state index is 10.9. The van der Waals surface area contributed by atoms with Crippen molar-refractivity contribution in [3.63, 3.8) is 0 Å². The third-order valence-electron chi connectivity index (χ3n) is 2.25. The Bertz CT molecular complexity index is 483. The Balaban J connectivity index is 0. The molecule has 1 rings (SSSR count). The minimum Gasteiger partial charge on any atom is -0.487 e. The van der Waals surface area contributed by atoms with Gasteiger partial charge in [-0.1, -0.05) is 45.4 Å². The van der Waals surface area contributed by atoms with Crippen LogP contribution >= 0.6 is 0 Å². The summed E-state index contributed by atoms with van der Waals surface area (Å²) in [5, 5.41) is 0. The Morgan fingerprint density at radius 3 is 1.92 bits per heavy atom. The van der Waals surface area contributed by atoms with Crippen molar-refractivity contribution in [2.75, 3.05) is 6.61 Å². The molecule has 0 fully saturated rings. The highest BCUT2D eigenvalue weighted by atomic mass is 16.6. The van der Waals surface area contributed by atoms with Crippen LogP contribution in [0.5, 0.6) is 5.75 Å². The van der Waals surface area contributed by atoms with Gasteiger partial charge in [0.05, 0.1) is 0 Å². The molecule has 0 bridgehead atoms. The highest BCUT2D eigenvalue weighted by Crippen LogP contribution is 2.10. The zero-order valence-electron chi connectivity index (χ0n) is 17.2. The Hall–Kier alpha value is -2.24. The molecule has 0 radical (unpaired) electrons. The number of benzene rings is 1. The summed E-state index contributed by atoms with van der Waals surface area (Å²) < 4.78 is 15.1. The van der Waals surface area contributed by atoms with Gasteiger partial charge in [-0.2, -0.15) is 0 Å². The molecule has 0 aliphatic heterocycles. The largest absolute Gasteiger partial charge is 0.487 e. The second kappa shape index (κ2) is 15.0. The van der Waals surface area contributed by atoms with Crippen LogP contribution in [0.1, 0.15) is 61.3 Å². The lowest BCUT2D eigenvalue weighted by Gasteiger charge is -2.16. The van der Waals surface area contributed by atoms with E-state index >= 15 is 0 Å². The number of carbonyl (C=O) groups is 2. The summed E-state index contributed by atoms with van der Waals surface area (Å²) in [7, 11) is 0. The van der Waals surface area contributed by atoms with Crippen LogP contribution in [0.15, 0.2) is 30.3 Å². The first-order valence-electron chi connectivity index (χ1n) is 8.91. The number of amides is 1. The van der Waals surface area contributed by atoms with Gasteiger partial charge in [-0.05, 0) is 39.8 Å². The van der Waals surface area contributed by atoms with E-state index in [0.29, 0.717) is 13.0 Å².